The molecule has 0 saturated heterocycles. The Balaban J connectivity index is 2.53. The highest BCUT2D eigenvalue weighted by molar-refractivity contribution is 5.60. The van der Waals surface area contributed by atoms with E-state index >= 15 is 0 Å². The molecule has 0 aliphatic rings. The normalized spacial score (nSPS) is 10.1. The van der Waals surface area contributed by atoms with Gasteiger partial charge >= 0.3 is 0 Å². The van der Waals surface area contributed by atoms with Gasteiger partial charge in [-0.3, -0.25) is 9.97 Å². The first-order valence-corrected chi connectivity index (χ1v) is 4.09. The lowest BCUT2D eigenvalue weighted by Crippen LogP contribution is -1.93. The number of pyridine rings is 2. The molecule has 0 spiro atoms. The van der Waals surface area contributed by atoms with E-state index < -0.39 is 5.82 Å². The molecule has 0 saturated carbocycles. The van der Waals surface area contributed by atoms with Crippen molar-refractivity contribution in [3.05, 3.63) is 42.6 Å². The summed E-state index contributed by atoms with van der Waals surface area (Å²) in [4.78, 5) is 7.79. The zero-order chi connectivity index (χ0) is 9.97. The summed E-state index contributed by atoms with van der Waals surface area (Å²) in [6.45, 7) is 0. The molecule has 4 heteroatoms. The molecule has 0 radical (unpaired) electrons. The Morgan fingerprint density at radius 2 is 2.14 bits per heavy atom. The molecule has 14 heavy (non-hydrogen) atoms. The molecule has 0 unspecified atom stereocenters. The fourth-order valence-corrected chi connectivity index (χ4v) is 1.17. The zero-order valence-electron chi connectivity index (χ0n) is 7.31. The number of nitrogen functional groups attached to an aromatic ring is 1. The number of nitrogens with two attached hydrogens (primary N) is 1. The second-order valence-corrected chi connectivity index (χ2v) is 2.84. The topological polar surface area (TPSA) is 51.8 Å². The maximum atomic E-state index is 13.4. The van der Waals surface area contributed by atoms with Crippen LogP contribution in [0.25, 0.3) is 11.3 Å². The maximum Gasteiger partial charge on any atom is 0.151 e. The average molecular weight is 189 g/mol. The van der Waals surface area contributed by atoms with Gasteiger partial charge in [-0.05, 0) is 12.1 Å². The summed E-state index contributed by atoms with van der Waals surface area (Å²) in [6.07, 6.45) is 4.60. The quantitative estimate of drug-likeness (QED) is 0.744. The van der Waals surface area contributed by atoms with Crippen molar-refractivity contribution < 1.29 is 4.39 Å². The minimum atomic E-state index is -0.432. The van der Waals surface area contributed by atoms with Crippen LogP contribution >= 0.6 is 0 Å². The first-order valence-electron chi connectivity index (χ1n) is 4.09. The molecule has 0 aromatic carbocycles. The molecule has 70 valence electrons. The predicted octanol–water partition coefficient (Wildman–Crippen LogP) is 1.86. The first kappa shape index (κ1) is 8.62. The Labute approximate surface area is 80.4 Å². The second-order valence-electron chi connectivity index (χ2n) is 2.84. The van der Waals surface area contributed by atoms with Crippen LogP contribution in [0.5, 0.6) is 0 Å². The van der Waals surface area contributed by atoms with Crippen LogP contribution in [0.3, 0.4) is 0 Å². The van der Waals surface area contributed by atoms with Gasteiger partial charge < -0.3 is 5.73 Å². The molecule has 2 N–H and O–H groups in total. The van der Waals surface area contributed by atoms with Gasteiger partial charge in [0.1, 0.15) is 5.69 Å². The fraction of sp³-hybridized carbons (Fsp3) is 0. The lowest BCUT2D eigenvalue weighted by atomic mass is 10.2. The SMILES string of the molecule is Nc1cnc(-c2cccnc2)c(F)c1. The van der Waals surface area contributed by atoms with Crippen LogP contribution in [0.4, 0.5) is 10.1 Å². The summed E-state index contributed by atoms with van der Waals surface area (Å²) in [7, 11) is 0. The number of hydrogen-bond donors (Lipinski definition) is 1. The van der Waals surface area contributed by atoms with Crippen molar-refractivity contribution in [2.75, 3.05) is 5.73 Å². The molecule has 0 atom stereocenters. The molecule has 3 nitrogen and oxygen atoms in total. The van der Waals surface area contributed by atoms with Crippen molar-refractivity contribution in [2.24, 2.45) is 0 Å². The van der Waals surface area contributed by atoms with Gasteiger partial charge in [-0.1, -0.05) is 0 Å². The molecule has 0 aliphatic carbocycles. The summed E-state index contributed by atoms with van der Waals surface area (Å²) in [5, 5.41) is 0. The van der Waals surface area contributed by atoms with Crippen molar-refractivity contribution in [3.8, 4) is 11.3 Å². The van der Waals surface area contributed by atoms with E-state index in [1.165, 1.54) is 12.3 Å². The second kappa shape index (κ2) is 3.41. The van der Waals surface area contributed by atoms with E-state index in [0.717, 1.165) is 0 Å². The summed E-state index contributed by atoms with van der Waals surface area (Å²) in [5.74, 6) is -0.432. The third-order valence-electron chi connectivity index (χ3n) is 1.80. The Kier molecular flexibility index (Phi) is 2.10. The predicted molar refractivity (Wildman–Crippen MR) is 51.8 cm³/mol. The highest BCUT2D eigenvalue weighted by Crippen LogP contribution is 2.20. The van der Waals surface area contributed by atoms with E-state index in [-0.39, 0.29) is 5.69 Å². The average Bonchev–Trinajstić information content (AvgIpc) is 2.19. The highest BCUT2D eigenvalue weighted by Gasteiger charge is 2.06. The number of aromatic nitrogens is 2. The molecule has 2 rings (SSSR count). The number of anilines is 1. The Morgan fingerprint density at radius 3 is 2.79 bits per heavy atom. The lowest BCUT2D eigenvalue weighted by Gasteiger charge is -2.01. The summed E-state index contributed by atoms with van der Waals surface area (Å²) in [6, 6.07) is 4.72. The number of halogens is 1. The van der Waals surface area contributed by atoms with Crippen molar-refractivity contribution in [1.29, 1.82) is 0 Å². The van der Waals surface area contributed by atoms with Crippen LogP contribution in [0.1, 0.15) is 0 Å². The van der Waals surface area contributed by atoms with Gasteiger partial charge in [-0.2, -0.15) is 0 Å². The van der Waals surface area contributed by atoms with E-state index in [2.05, 4.69) is 9.97 Å². The van der Waals surface area contributed by atoms with Gasteiger partial charge in [0.05, 0.1) is 11.9 Å². The van der Waals surface area contributed by atoms with Crippen LogP contribution in [0.15, 0.2) is 36.8 Å². The lowest BCUT2D eigenvalue weighted by molar-refractivity contribution is 0.626. The maximum absolute atomic E-state index is 13.4. The third kappa shape index (κ3) is 1.54. The minimum Gasteiger partial charge on any atom is -0.397 e. The van der Waals surface area contributed by atoms with E-state index in [9.17, 15) is 4.39 Å². The molecule has 2 heterocycles. The monoisotopic (exact) mass is 189 g/mol. The van der Waals surface area contributed by atoms with Gasteiger partial charge in [0.25, 0.3) is 0 Å². The van der Waals surface area contributed by atoms with Crippen LogP contribution in [-0.2, 0) is 0 Å². The summed E-state index contributed by atoms with van der Waals surface area (Å²) in [5.41, 5.74) is 6.62. The molecular weight excluding hydrogens is 181 g/mol. The Morgan fingerprint density at radius 1 is 1.29 bits per heavy atom. The van der Waals surface area contributed by atoms with Crippen molar-refractivity contribution in [1.82, 2.24) is 9.97 Å². The van der Waals surface area contributed by atoms with E-state index in [1.807, 2.05) is 0 Å². The third-order valence-corrected chi connectivity index (χ3v) is 1.80. The van der Waals surface area contributed by atoms with Crippen LogP contribution in [-0.4, -0.2) is 9.97 Å². The Hall–Kier alpha value is -1.97. The number of rotatable bonds is 1. The Bertz CT molecular complexity index is 442. The molecular formula is C10H8FN3. The van der Waals surface area contributed by atoms with Crippen molar-refractivity contribution in [3.63, 3.8) is 0 Å². The summed E-state index contributed by atoms with van der Waals surface area (Å²) >= 11 is 0. The van der Waals surface area contributed by atoms with Gasteiger partial charge in [0.15, 0.2) is 5.82 Å². The largest absolute Gasteiger partial charge is 0.397 e. The smallest absolute Gasteiger partial charge is 0.151 e. The van der Waals surface area contributed by atoms with Crippen molar-refractivity contribution >= 4 is 5.69 Å². The van der Waals surface area contributed by atoms with Gasteiger partial charge in [0, 0.05) is 24.0 Å². The van der Waals surface area contributed by atoms with E-state index in [1.54, 1.807) is 24.5 Å². The first-order chi connectivity index (χ1) is 6.77. The van der Waals surface area contributed by atoms with E-state index in [0.29, 0.717) is 11.3 Å². The van der Waals surface area contributed by atoms with Crippen LogP contribution in [0, 0.1) is 5.82 Å². The van der Waals surface area contributed by atoms with Gasteiger partial charge in [-0.15, -0.1) is 0 Å². The number of hydrogen-bond acceptors (Lipinski definition) is 3. The molecule has 0 bridgehead atoms. The molecule has 0 aliphatic heterocycles. The molecule has 0 fully saturated rings. The molecule has 2 aromatic heterocycles. The van der Waals surface area contributed by atoms with Crippen LogP contribution < -0.4 is 5.73 Å². The van der Waals surface area contributed by atoms with Crippen LogP contribution in [0.2, 0.25) is 0 Å². The highest BCUT2D eigenvalue weighted by atomic mass is 19.1. The van der Waals surface area contributed by atoms with E-state index in [4.69, 9.17) is 5.73 Å². The molecule has 2 aromatic rings. The van der Waals surface area contributed by atoms with Crippen molar-refractivity contribution in [2.45, 2.75) is 0 Å². The van der Waals surface area contributed by atoms with Gasteiger partial charge in [0.2, 0.25) is 0 Å². The van der Waals surface area contributed by atoms with Gasteiger partial charge in [-0.25, -0.2) is 4.39 Å². The standard InChI is InChI=1S/C10H8FN3/c11-9-4-8(12)6-14-10(9)7-2-1-3-13-5-7/h1-6H,12H2. The minimum absolute atomic E-state index is 0.271. The summed E-state index contributed by atoms with van der Waals surface area (Å²) < 4.78 is 13.4. The molecule has 0 amide bonds. The fourth-order valence-electron chi connectivity index (χ4n) is 1.17. The zero-order valence-corrected chi connectivity index (χ0v) is 7.31. The number of nitrogens with zero attached hydrogens (tertiary/aromatic N) is 2.